The molecule has 1 aromatic heterocycles. The van der Waals surface area contributed by atoms with Crippen molar-refractivity contribution in [3.63, 3.8) is 0 Å². The van der Waals surface area contributed by atoms with Crippen molar-refractivity contribution in [3.8, 4) is 0 Å². The molecule has 0 fully saturated rings. The molecule has 0 aliphatic rings. The third-order valence-corrected chi connectivity index (χ3v) is 2.82. The number of rotatable bonds is 2. The minimum Gasteiger partial charge on any atom is -0.320 e. The van der Waals surface area contributed by atoms with Crippen molar-refractivity contribution in [1.82, 2.24) is 4.98 Å². The van der Waals surface area contributed by atoms with Crippen LogP contribution in [0.1, 0.15) is 16.5 Å². The average Bonchev–Trinajstić information content (AvgIpc) is 2.69. The summed E-state index contributed by atoms with van der Waals surface area (Å²) in [6.45, 7) is 0. The van der Waals surface area contributed by atoms with Crippen LogP contribution < -0.4 is 5.73 Å². The number of nitrogens with zero attached hydrogens (tertiary/aromatic N) is 1. The van der Waals surface area contributed by atoms with Crippen LogP contribution in [0.4, 0.5) is 4.39 Å². The van der Waals surface area contributed by atoms with Crippen LogP contribution in [-0.2, 0) is 0 Å². The summed E-state index contributed by atoms with van der Waals surface area (Å²) in [5.41, 5.74) is 8.42. The highest BCUT2D eigenvalue weighted by atomic mass is 32.1. The second kappa shape index (κ2) is 3.86. The minimum atomic E-state index is -0.279. The Kier molecular flexibility index (Phi) is 2.56. The van der Waals surface area contributed by atoms with Gasteiger partial charge in [-0.3, -0.25) is 4.98 Å². The van der Waals surface area contributed by atoms with Gasteiger partial charge in [-0.15, -0.1) is 11.3 Å². The molecule has 0 saturated carbocycles. The van der Waals surface area contributed by atoms with E-state index in [0.29, 0.717) is 0 Å². The van der Waals surface area contributed by atoms with E-state index in [-0.39, 0.29) is 11.9 Å². The first-order chi connectivity index (χ1) is 6.77. The molecule has 14 heavy (non-hydrogen) atoms. The van der Waals surface area contributed by atoms with Crippen LogP contribution in [0, 0.1) is 5.82 Å². The molecule has 0 bridgehead atoms. The molecule has 0 amide bonds. The molecule has 1 unspecified atom stereocenters. The number of thiazole rings is 1. The number of hydrogen-bond acceptors (Lipinski definition) is 3. The van der Waals surface area contributed by atoms with Crippen molar-refractivity contribution in [2.24, 2.45) is 5.73 Å². The largest absolute Gasteiger partial charge is 0.320 e. The van der Waals surface area contributed by atoms with E-state index in [4.69, 9.17) is 5.73 Å². The van der Waals surface area contributed by atoms with Crippen LogP contribution in [0.3, 0.4) is 0 Å². The summed E-state index contributed by atoms with van der Waals surface area (Å²) in [5, 5.41) is 0. The van der Waals surface area contributed by atoms with E-state index in [0.717, 1.165) is 10.4 Å². The van der Waals surface area contributed by atoms with Crippen LogP contribution in [0.25, 0.3) is 0 Å². The predicted octanol–water partition coefficient (Wildman–Crippen LogP) is 2.33. The highest BCUT2D eigenvalue weighted by molar-refractivity contribution is 7.09. The number of benzene rings is 1. The summed E-state index contributed by atoms with van der Waals surface area (Å²) in [7, 11) is 0. The molecular formula is C10H9FN2S. The highest BCUT2D eigenvalue weighted by Gasteiger charge is 2.10. The van der Waals surface area contributed by atoms with Crippen molar-refractivity contribution < 1.29 is 4.39 Å². The predicted molar refractivity (Wildman–Crippen MR) is 54.5 cm³/mol. The van der Waals surface area contributed by atoms with E-state index in [1.165, 1.54) is 23.5 Å². The van der Waals surface area contributed by atoms with Gasteiger partial charge in [0.05, 0.1) is 11.6 Å². The van der Waals surface area contributed by atoms with Crippen LogP contribution in [-0.4, -0.2) is 4.98 Å². The van der Waals surface area contributed by atoms with Crippen molar-refractivity contribution in [2.75, 3.05) is 0 Å². The third kappa shape index (κ3) is 1.81. The molecule has 2 aromatic rings. The maximum atomic E-state index is 12.9. The average molecular weight is 208 g/mol. The number of halogens is 1. The van der Waals surface area contributed by atoms with Gasteiger partial charge in [0.1, 0.15) is 5.82 Å². The number of aromatic nitrogens is 1. The SMILES string of the molecule is NC(c1cccc(F)c1)c1cncs1. The van der Waals surface area contributed by atoms with Crippen LogP contribution in [0.5, 0.6) is 0 Å². The molecule has 0 aliphatic carbocycles. The van der Waals surface area contributed by atoms with Crippen molar-refractivity contribution >= 4 is 11.3 Å². The Morgan fingerprint density at radius 2 is 2.29 bits per heavy atom. The quantitative estimate of drug-likeness (QED) is 0.822. The molecule has 1 heterocycles. The van der Waals surface area contributed by atoms with Gasteiger partial charge in [0.25, 0.3) is 0 Å². The Hall–Kier alpha value is -1.26. The van der Waals surface area contributed by atoms with Gasteiger partial charge in [-0.1, -0.05) is 12.1 Å². The lowest BCUT2D eigenvalue weighted by Crippen LogP contribution is -2.10. The summed E-state index contributed by atoms with van der Waals surface area (Å²) in [5.74, 6) is -0.262. The molecule has 0 aliphatic heterocycles. The Bertz CT molecular complexity index is 414. The van der Waals surface area contributed by atoms with E-state index in [1.807, 2.05) is 6.07 Å². The summed E-state index contributed by atoms with van der Waals surface area (Å²) < 4.78 is 12.9. The summed E-state index contributed by atoms with van der Waals surface area (Å²) in [6, 6.07) is 6.05. The van der Waals surface area contributed by atoms with Gasteiger partial charge >= 0.3 is 0 Å². The van der Waals surface area contributed by atoms with Gasteiger partial charge in [0, 0.05) is 11.1 Å². The molecular weight excluding hydrogens is 199 g/mol. The van der Waals surface area contributed by atoms with Gasteiger partial charge in [0.2, 0.25) is 0 Å². The van der Waals surface area contributed by atoms with Gasteiger partial charge in [-0.05, 0) is 17.7 Å². The van der Waals surface area contributed by atoms with E-state index in [1.54, 1.807) is 17.8 Å². The first-order valence-electron chi connectivity index (χ1n) is 4.17. The number of hydrogen-bond donors (Lipinski definition) is 1. The Morgan fingerprint density at radius 1 is 1.43 bits per heavy atom. The lowest BCUT2D eigenvalue weighted by atomic mass is 10.1. The monoisotopic (exact) mass is 208 g/mol. The second-order valence-corrected chi connectivity index (χ2v) is 3.85. The fourth-order valence-corrected chi connectivity index (χ4v) is 1.89. The molecule has 0 radical (unpaired) electrons. The van der Waals surface area contributed by atoms with Crippen LogP contribution >= 0.6 is 11.3 Å². The molecule has 4 heteroatoms. The van der Waals surface area contributed by atoms with Crippen molar-refractivity contribution in [3.05, 3.63) is 52.2 Å². The normalized spacial score (nSPS) is 12.7. The number of nitrogens with two attached hydrogens (primary N) is 1. The maximum absolute atomic E-state index is 12.9. The van der Waals surface area contributed by atoms with Gasteiger partial charge < -0.3 is 5.73 Å². The van der Waals surface area contributed by atoms with E-state index < -0.39 is 0 Å². The van der Waals surface area contributed by atoms with Gasteiger partial charge in [0.15, 0.2) is 0 Å². The fraction of sp³-hybridized carbons (Fsp3) is 0.100. The molecule has 0 saturated heterocycles. The van der Waals surface area contributed by atoms with Crippen LogP contribution in [0.15, 0.2) is 36.0 Å². The van der Waals surface area contributed by atoms with Crippen molar-refractivity contribution in [2.45, 2.75) is 6.04 Å². The van der Waals surface area contributed by atoms with Gasteiger partial charge in [-0.25, -0.2) is 4.39 Å². The molecule has 2 rings (SSSR count). The maximum Gasteiger partial charge on any atom is 0.123 e. The molecule has 1 atom stereocenters. The summed E-state index contributed by atoms with van der Waals surface area (Å²) >= 11 is 1.47. The van der Waals surface area contributed by atoms with E-state index in [2.05, 4.69) is 4.98 Å². The lowest BCUT2D eigenvalue weighted by molar-refractivity contribution is 0.624. The Labute approximate surface area is 85.2 Å². The molecule has 2 N–H and O–H groups in total. The van der Waals surface area contributed by atoms with Crippen molar-refractivity contribution in [1.29, 1.82) is 0 Å². The zero-order valence-corrected chi connectivity index (χ0v) is 8.17. The molecule has 1 aromatic carbocycles. The van der Waals surface area contributed by atoms with Crippen LogP contribution in [0.2, 0.25) is 0 Å². The summed E-state index contributed by atoms with van der Waals surface area (Å²) in [4.78, 5) is 4.88. The lowest BCUT2D eigenvalue weighted by Gasteiger charge is -2.08. The Balaban J connectivity index is 2.32. The molecule has 2 nitrogen and oxygen atoms in total. The first-order valence-corrected chi connectivity index (χ1v) is 5.05. The topological polar surface area (TPSA) is 38.9 Å². The minimum absolute atomic E-state index is 0.262. The van der Waals surface area contributed by atoms with Gasteiger partial charge in [-0.2, -0.15) is 0 Å². The first kappa shape index (κ1) is 9.30. The molecule has 72 valence electrons. The van der Waals surface area contributed by atoms with E-state index >= 15 is 0 Å². The zero-order valence-electron chi connectivity index (χ0n) is 7.35. The second-order valence-electron chi connectivity index (χ2n) is 2.94. The standard InChI is InChI=1S/C10H9FN2S/c11-8-3-1-2-7(4-8)10(12)9-5-13-6-14-9/h1-6,10H,12H2. The summed E-state index contributed by atoms with van der Waals surface area (Å²) in [6.07, 6.45) is 1.71. The molecule has 0 spiro atoms. The zero-order chi connectivity index (χ0) is 9.97. The van der Waals surface area contributed by atoms with E-state index in [9.17, 15) is 4.39 Å². The highest BCUT2D eigenvalue weighted by Crippen LogP contribution is 2.22. The third-order valence-electron chi connectivity index (χ3n) is 1.97. The Morgan fingerprint density at radius 3 is 2.93 bits per heavy atom. The fourth-order valence-electron chi connectivity index (χ4n) is 1.24. The smallest absolute Gasteiger partial charge is 0.123 e.